The SMILES string of the molecule is Cc1c(C(=O)NC(C)CC(=O)O)cnn1-c1ccc(Cl)cc1. The normalized spacial score (nSPS) is 12.0. The number of halogens is 1. The Kier molecular flexibility index (Phi) is 4.82. The topological polar surface area (TPSA) is 84.2 Å². The summed E-state index contributed by atoms with van der Waals surface area (Å²) in [7, 11) is 0. The molecule has 0 radical (unpaired) electrons. The lowest BCUT2D eigenvalue weighted by atomic mass is 10.2. The molecule has 0 spiro atoms. The number of carbonyl (C=O) groups is 2. The first-order chi connectivity index (χ1) is 10.4. The van der Waals surface area contributed by atoms with Crippen molar-refractivity contribution in [3.05, 3.63) is 46.7 Å². The fourth-order valence-corrected chi connectivity index (χ4v) is 2.22. The lowest BCUT2D eigenvalue weighted by Crippen LogP contribution is -2.34. The van der Waals surface area contributed by atoms with Gasteiger partial charge in [-0.2, -0.15) is 5.10 Å². The molecule has 2 aromatic rings. The van der Waals surface area contributed by atoms with E-state index in [0.717, 1.165) is 5.69 Å². The minimum absolute atomic E-state index is 0.129. The summed E-state index contributed by atoms with van der Waals surface area (Å²) in [6, 6.07) is 6.64. The highest BCUT2D eigenvalue weighted by Crippen LogP contribution is 2.17. The van der Waals surface area contributed by atoms with Gasteiger partial charge in [-0.1, -0.05) is 11.6 Å². The van der Waals surface area contributed by atoms with Crippen LogP contribution in [-0.4, -0.2) is 32.8 Å². The molecule has 6 nitrogen and oxygen atoms in total. The van der Waals surface area contributed by atoms with E-state index in [2.05, 4.69) is 10.4 Å². The molecular formula is C15H16ClN3O3. The molecule has 1 aromatic heterocycles. The van der Waals surface area contributed by atoms with Crippen LogP contribution < -0.4 is 5.32 Å². The summed E-state index contributed by atoms with van der Waals surface area (Å²) in [4.78, 5) is 22.8. The molecule has 1 aromatic carbocycles. The number of carbonyl (C=O) groups excluding carboxylic acids is 1. The van der Waals surface area contributed by atoms with Crippen molar-refractivity contribution < 1.29 is 14.7 Å². The van der Waals surface area contributed by atoms with Gasteiger partial charge in [-0.15, -0.1) is 0 Å². The summed E-state index contributed by atoms with van der Waals surface area (Å²) in [5.74, 6) is -1.30. The van der Waals surface area contributed by atoms with Gasteiger partial charge in [-0.25, -0.2) is 4.68 Å². The van der Waals surface area contributed by atoms with Gasteiger partial charge in [0, 0.05) is 11.1 Å². The maximum Gasteiger partial charge on any atom is 0.305 e. The molecular weight excluding hydrogens is 306 g/mol. The number of carboxylic acid groups (broad SMARTS) is 1. The van der Waals surface area contributed by atoms with E-state index in [4.69, 9.17) is 16.7 Å². The second-order valence-corrected chi connectivity index (χ2v) is 5.44. The Balaban J connectivity index is 2.18. The van der Waals surface area contributed by atoms with E-state index < -0.39 is 12.0 Å². The number of hydrogen-bond donors (Lipinski definition) is 2. The molecule has 1 unspecified atom stereocenters. The van der Waals surface area contributed by atoms with Crippen LogP contribution in [0.4, 0.5) is 0 Å². The van der Waals surface area contributed by atoms with Crippen molar-refractivity contribution in [2.24, 2.45) is 0 Å². The number of aliphatic carboxylic acids is 1. The van der Waals surface area contributed by atoms with Gasteiger partial charge in [0.1, 0.15) is 0 Å². The number of carboxylic acids is 1. The third kappa shape index (κ3) is 3.65. The van der Waals surface area contributed by atoms with Crippen LogP contribution in [0, 0.1) is 6.92 Å². The molecule has 1 amide bonds. The van der Waals surface area contributed by atoms with Gasteiger partial charge in [0.15, 0.2) is 0 Å². The van der Waals surface area contributed by atoms with E-state index in [1.165, 1.54) is 6.20 Å². The average Bonchev–Trinajstić information content (AvgIpc) is 2.80. The first-order valence-corrected chi connectivity index (χ1v) is 7.09. The first kappa shape index (κ1) is 16.0. The van der Waals surface area contributed by atoms with Crippen molar-refractivity contribution in [2.45, 2.75) is 26.3 Å². The Labute approximate surface area is 132 Å². The number of aromatic nitrogens is 2. The molecule has 1 heterocycles. The Morgan fingerprint density at radius 2 is 2.00 bits per heavy atom. The van der Waals surface area contributed by atoms with Crippen LogP contribution in [0.3, 0.4) is 0 Å². The van der Waals surface area contributed by atoms with Crippen LogP contribution in [0.2, 0.25) is 5.02 Å². The number of rotatable bonds is 5. The molecule has 2 N–H and O–H groups in total. The van der Waals surface area contributed by atoms with Crippen LogP contribution in [0.5, 0.6) is 0 Å². The molecule has 116 valence electrons. The quantitative estimate of drug-likeness (QED) is 0.885. The number of hydrogen-bond acceptors (Lipinski definition) is 3. The van der Waals surface area contributed by atoms with E-state index >= 15 is 0 Å². The number of amides is 1. The summed E-state index contributed by atoms with van der Waals surface area (Å²) < 4.78 is 1.63. The molecule has 22 heavy (non-hydrogen) atoms. The Morgan fingerprint density at radius 1 is 1.36 bits per heavy atom. The molecule has 0 saturated heterocycles. The molecule has 0 aliphatic carbocycles. The van der Waals surface area contributed by atoms with E-state index in [9.17, 15) is 9.59 Å². The summed E-state index contributed by atoms with van der Waals surface area (Å²) >= 11 is 5.85. The van der Waals surface area contributed by atoms with Crippen LogP contribution >= 0.6 is 11.6 Å². The molecule has 0 saturated carbocycles. The Hall–Kier alpha value is -2.34. The third-order valence-electron chi connectivity index (χ3n) is 3.18. The fraction of sp³-hybridized carbons (Fsp3) is 0.267. The third-order valence-corrected chi connectivity index (χ3v) is 3.44. The zero-order valence-electron chi connectivity index (χ0n) is 12.2. The summed E-state index contributed by atoms with van der Waals surface area (Å²) in [6.45, 7) is 3.42. The number of nitrogens with zero attached hydrogens (tertiary/aromatic N) is 2. The van der Waals surface area contributed by atoms with E-state index in [1.807, 2.05) is 0 Å². The summed E-state index contributed by atoms with van der Waals surface area (Å²) in [6.07, 6.45) is 1.34. The highest BCUT2D eigenvalue weighted by Gasteiger charge is 2.18. The van der Waals surface area contributed by atoms with Crippen molar-refractivity contribution >= 4 is 23.5 Å². The molecule has 0 aliphatic rings. The van der Waals surface area contributed by atoms with Crippen molar-refractivity contribution in [3.63, 3.8) is 0 Å². The predicted molar refractivity (Wildman–Crippen MR) is 82.5 cm³/mol. The van der Waals surface area contributed by atoms with Gasteiger partial charge in [-0.05, 0) is 38.1 Å². The average molecular weight is 322 g/mol. The molecule has 7 heteroatoms. The smallest absolute Gasteiger partial charge is 0.305 e. The lowest BCUT2D eigenvalue weighted by molar-refractivity contribution is -0.137. The minimum atomic E-state index is -0.957. The standard InChI is InChI=1S/C15H16ClN3O3/c1-9(7-14(20)21)18-15(22)13-8-17-19(10(13)2)12-5-3-11(16)4-6-12/h3-6,8-9H,7H2,1-2H3,(H,18,22)(H,20,21). The van der Waals surface area contributed by atoms with Crippen LogP contribution in [0.25, 0.3) is 5.69 Å². The number of nitrogens with one attached hydrogen (secondary N) is 1. The highest BCUT2D eigenvalue weighted by atomic mass is 35.5. The van der Waals surface area contributed by atoms with E-state index in [-0.39, 0.29) is 12.3 Å². The molecule has 0 bridgehead atoms. The van der Waals surface area contributed by atoms with Crippen LogP contribution in [0.1, 0.15) is 29.4 Å². The monoisotopic (exact) mass is 321 g/mol. The van der Waals surface area contributed by atoms with Gasteiger partial charge >= 0.3 is 5.97 Å². The lowest BCUT2D eigenvalue weighted by Gasteiger charge is -2.11. The predicted octanol–water partition coefficient (Wildman–Crippen LogP) is 2.43. The minimum Gasteiger partial charge on any atom is -0.481 e. The molecule has 0 aliphatic heterocycles. The maximum atomic E-state index is 12.2. The van der Waals surface area contributed by atoms with Crippen molar-refractivity contribution in [1.82, 2.24) is 15.1 Å². The zero-order valence-corrected chi connectivity index (χ0v) is 13.0. The van der Waals surface area contributed by atoms with Gasteiger partial charge in [0.25, 0.3) is 5.91 Å². The molecule has 0 fully saturated rings. The van der Waals surface area contributed by atoms with Gasteiger partial charge in [0.05, 0.1) is 29.6 Å². The summed E-state index contributed by atoms with van der Waals surface area (Å²) in [5, 5.41) is 16.2. The van der Waals surface area contributed by atoms with E-state index in [0.29, 0.717) is 16.3 Å². The van der Waals surface area contributed by atoms with E-state index in [1.54, 1.807) is 42.8 Å². The van der Waals surface area contributed by atoms with Crippen molar-refractivity contribution in [1.29, 1.82) is 0 Å². The zero-order chi connectivity index (χ0) is 16.3. The van der Waals surface area contributed by atoms with Gasteiger partial charge in [0.2, 0.25) is 0 Å². The highest BCUT2D eigenvalue weighted by molar-refractivity contribution is 6.30. The first-order valence-electron chi connectivity index (χ1n) is 6.71. The molecule has 2 rings (SSSR count). The largest absolute Gasteiger partial charge is 0.481 e. The number of benzene rings is 1. The van der Waals surface area contributed by atoms with Gasteiger partial charge in [-0.3, -0.25) is 9.59 Å². The second kappa shape index (κ2) is 6.62. The van der Waals surface area contributed by atoms with Crippen molar-refractivity contribution in [3.8, 4) is 5.69 Å². The van der Waals surface area contributed by atoms with Crippen LogP contribution in [-0.2, 0) is 4.79 Å². The maximum absolute atomic E-state index is 12.2. The Morgan fingerprint density at radius 3 is 2.59 bits per heavy atom. The molecule has 1 atom stereocenters. The van der Waals surface area contributed by atoms with Gasteiger partial charge < -0.3 is 10.4 Å². The van der Waals surface area contributed by atoms with Crippen LogP contribution in [0.15, 0.2) is 30.5 Å². The summed E-state index contributed by atoms with van der Waals surface area (Å²) in [5.41, 5.74) is 1.87. The van der Waals surface area contributed by atoms with Crippen molar-refractivity contribution in [2.75, 3.05) is 0 Å². The second-order valence-electron chi connectivity index (χ2n) is 5.00. The fourth-order valence-electron chi connectivity index (χ4n) is 2.09. The Bertz CT molecular complexity index is 695.